The van der Waals surface area contributed by atoms with E-state index in [1.54, 1.807) is 36.4 Å². The van der Waals surface area contributed by atoms with E-state index in [9.17, 15) is 9.59 Å². The fourth-order valence-electron chi connectivity index (χ4n) is 2.59. The SMILES string of the molecule is O=C(CCC(=O)c1ccccc1)OCc1cc(Cl)c2c(c1)OCCCO2. The lowest BCUT2D eigenvalue weighted by atomic mass is 10.1. The van der Waals surface area contributed by atoms with Gasteiger partial charge in [-0.2, -0.15) is 0 Å². The molecule has 0 amide bonds. The van der Waals surface area contributed by atoms with Crippen LogP contribution in [0.25, 0.3) is 0 Å². The summed E-state index contributed by atoms with van der Waals surface area (Å²) in [5, 5.41) is 0.426. The van der Waals surface area contributed by atoms with Crippen molar-refractivity contribution in [1.82, 2.24) is 0 Å². The van der Waals surface area contributed by atoms with Crippen molar-refractivity contribution in [2.24, 2.45) is 0 Å². The number of halogens is 1. The van der Waals surface area contributed by atoms with E-state index in [-0.39, 0.29) is 25.2 Å². The van der Waals surface area contributed by atoms with Gasteiger partial charge in [-0.1, -0.05) is 41.9 Å². The van der Waals surface area contributed by atoms with Gasteiger partial charge in [0.15, 0.2) is 17.3 Å². The molecule has 1 heterocycles. The summed E-state index contributed by atoms with van der Waals surface area (Å²) in [4.78, 5) is 23.9. The summed E-state index contributed by atoms with van der Waals surface area (Å²) in [7, 11) is 0. The van der Waals surface area contributed by atoms with Crippen LogP contribution in [0.4, 0.5) is 0 Å². The molecule has 0 aromatic heterocycles. The van der Waals surface area contributed by atoms with Crippen LogP contribution in [-0.2, 0) is 16.1 Å². The quantitative estimate of drug-likeness (QED) is 0.560. The van der Waals surface area contributed by atoms with E-state index in [2.05, 4.69) is 0 Å². The molecular formula is C20H19ClO5. The van der Waals surface area contributed by atoms with Crippen LogP contribution in [0.15, 0.2) is 42.5 Å². The number of carbonyl (C=O) groups excluding carboxylic acids is 2. The Bertz CT molecular complexity index is 788. The van der Waals surface area contributed by atoms with Crippen molar-refractivity contribution < 1.29 is 23.8 Å². The number of hydrogen-bond acceptors (Lipinski definition) is 5. The Labute approximate surface area is 156 Å². The van der Waals surface area contributed by atoms with Crippen molar-refractivity contribution in [2.45, 2.75) is 25.9 Å². The van der Waals surface area contributed by atoms with Gasteiger partial charge in [-0.3, -0.25) is 9.59 Å². The van der Waals surface area contributed by atoms with Gasteiger partial charge in [-0.25, -0.2) is 0 Å². The zero-order valence-corrected chi connectivity index (χ0v) is 15.0. The second-order valence-corrected chi connectivity index (χ2v) is 6.31. The van der Waals surface area contributed by atoms with Crippen LogP contribution in [0.2, 0.25) is 5.02 Å². The molecule has 0 aliphatic carbocycles. The van der Waals surface area contributed by atoms with Gasteiger partial charge >= 0.3 is 5.97 Å². The lowest BCUT2D eigenvalue weighted by molar-refractivity contribution is -0.144. The monoisotopic (exact) mass is 374 g/mol. The topological polar surface area (TPSA) is 61.8 Å². The van der Waals surface area contributed by atoms with Crippen molar-refractivity contribution in [2.75, 3.05) is 13.2 Å². The number of carbonyl (C=O) groups is 2. The zero-order chi connectivity index (χ0) is 18.4. The van der Waals surface area contributed by atoms with E-state index in [4.69, 9.17) is 25.8 Å². The summed E-state index contributed by atoms with van der Waals surface area (Å²) >= 11 is 6.22. The van der Waals surface area contributed by atoms with E-state index in [0.29, 0.717) is 40.9 Å². The van der Waals surface area contributed by atoms with Gasteiger partial charge in [-0.05, 0) is 17.7 Å². The fraction of sp³-hybridized carbons (Fsp3) is 0.300. The molecule has 2 aromatic rings. The van der Waals surface area contributed by atoms with E-state index < -0.39 is 5.97 Å². The van der Waals surface area contributed by atoms with Gasteiger partial charge < -0.3 is 14.2 Å². The minimum absolute atomic E-state index is 0.0337. The third-order valence-electron chi connectivity index (χ3n) is 3.91. The Kier molecular flexibility index (Phi) is 6.12. The Morgan fingerprint density at radius 3 is 2.62 bits per heavy atom. The number of Topliss-reactive ketones (excluding diaryl/α,β-unsaturated/α-hetero) is 1. The first-order valence-corrected chi connectivity index (χ1v) is 8.83. The van der Waals surface area contributed by atoms with E-state index in [1.807, 2.05) is 6.07 Å². The van der Waals surface area contributed by atoms with Crippen LogP contribution in [0.1, 0.15) is 35.2 Å². The molecule has 0 fully saturated rings. The number of ketones is 1. The molecule has 1 aliphatic rings. The second kappa shape index (κ2) is 8.72. The molecule has 0 unspecified atom stereocenters. The number of hydrogen-bond donors (Lipinski definition) is 0. The summed E-state index contributed by atoms with van der Waals surface area (Å²) in [6.07, 6.45) is 0.932. The Balaban J connectivity index is 1.52. The van der Waals surface area contributed by atoms with Gasteiger partial charge in [0.25, 0.3) is 0 Å². The maximum absolute atomic E-state index is 12.0. The lowest BCUT2D eigenvalue weighted by Crippen LogP contribution is -2.08. The Morgan fingerprint density at radius 1 is 1.04 bits per heavy atom. The molecule has 0 radical (unpaired) electrons. The molecule has 6 heteroatoms. The molecule has 0 saturated carbocycles. The minimum atomic E-state index is -0.433. The van der Waals surface area contributed by atoms with E-state index in [1.165, 1.54) is 0 Å². The molecule has 0 N–H and O–H groups in total. The average Bonchev–Trinajstić information content (AvgIpc) is 2.91. The highest BCUT2D eigenvalue weighted by molar-refractivity contribution is 6.32. The Morgan fingerprint density at radius 2 is 1.81 bits per heavy atom. The number of benzene rings is 2. The molecule has 0 spiro atoms. The minimum Gasteiger partial charge on any atom is -0.489 e. The van der Waals surface area contributed by atoms with Crippen molar-refractivity contribution in [3.8, 4) is 11.5 Å². The molecular weight excluding hydrogens is 356 g/mol. The van der Waals surface area contributed by atoms with Gasteiger partial charge in [-0.15, -0.1) is 0 Å². The van der Waals surface area contributed by atoms with Gasteiger partial charge in [0, 0.05) is 18.4 Å². The molecule has 3 rings (SSSR count). The average molecular weight is 375 g/mol. The molecule has 2 aromatic carbocycles. The largest absolute Gasteiger partial charge is 0.489 e. The first kappa shape index (κ1) is 18.3. The number of rotatable bonds is 6. The van der Waals surface area contributed by atoms with Crippen LogP contribution in [0.3, 0.4) is 0 Å². The highest BCUT2D eigenvalue weighted by atomic mass is 35.5. The first-order chi connectivity index (χ1) is 12.6. The fourth-order valence-corrected chi connectivity index (χ4v) is 2.88. The van der Waals surface area contributed by atoms with E-state index in [0.717, 1.165) is 6.42 Å². The lowest BCUT2D eigenvalue weighted by Gasteiger charge is -2.12. The molecule has 5 nitrogen and oxygen atoms in total. The highest BCUT2D eigenvalue weighted by Crippen LogP contribution is 2.38. The van der Waals surface area contributed by atoms with Gasteiger partial charge in [0.1, 0.15) is 6.61 Å². The van der Waals surface area contributed by atoms with Crippen molar-refractivity contribution in [1.29, 1.82) is 0 Å². The first-order valence-electron chi connectivity index (χ1n) is 8.45. The van der Waals surface area contributed by atoms with Gasteiger partial charge in [0.05, 0.1) is 24.7 Å². The third kappa shape index (κ3) is 4.76. The van der Waals surface area contributed by atoms with Crippen LogP contribution in [0, 0.1) is 0 Å². The number of ether oxygens (including phenoxy) is 3. The normalized spacial score (nSPS) is 13.0. The van der Waals surface area contributed by atoms with Crippen LogP contribution < -0.4 is 9.47 Å². The summed E-state index contributed by atoms with van der Waals surface area (Å²) in [6, 6.07) is 12.3. The standard InChI is InChI=1S/C20H19ClO5/c21-16-11-14(12-18-20(16)25-10-4-9-24-18)13-26-19(23)8-7-17(22)15-5-2-1-3-6-15/h1-3,5-6,11-12H,4,7-10,13H2. The summed E-state index contributed by atoms with van der Waals surface area (Å²) in [5.41, 5.74) is 1.30. The summed E-state index contributed by atoms with van der Waals surface area (Å²) in [5.74, 6) is 0.562. The van der Waals surface area contributed by atoms with Crippen molar-refractivity contribution in [3.05, 3.63) is 58.6 Å². The summed E-state index contributed by atoms with van der Waals surface area (Å²) in [6.45, 7) is 1.17. The highest BCUT2D eigenvalue weighted by Gasteiger charge is 2.16. The third-order valence-corrected chi connectivity index (χ3v) is 4.19. The van der Waals surface area contributed by atoms with Crippen LogP contribution in [-0.4, -0.2) is 25.0 Å². The Hall–Kier alpha value is -2.53. The molecule has 26 heavy (non-hydrogen) atoms. The van der Waals surface area contributed by atoms with Gasteiger partial charge in [0.2, 0.25) is 0 Å². The van der Waals surface area contributed by atoms with Crippen LogP contribution in [0.5, 0.6) is 11.5 Å². The molecule has 1 aliphatic heterocycles. The molecule has 136 valence electrons. The number of fused-ring (bicyclic) bond motifs is 1. The maximum atomic E-state index is 12.0. The summed E-state index contributed by atoms with van der Waals surface area (Å²) < 4.78 is 16.4. The second-order valence-electron chi connectivity index (χ2n) is 5.91. The van der Waals surface area contributed by atoms with E-state index >= 15 is 0 Å². The predicted molar refractivity (Wildman–Crippen MR) is 96.9 cm³/mol. The molecule has 0 atom stereocenters. The maximum Gasteiger partial charge on any atom is 0.306 e. The van der Waals surface area contributed by atoms with Crippen LogP contribution >= 0.6 is 11.6 Å². The number of esters is 1. The van der Waals surface area contributed by atoms with Crippen molar-refractivity contribution >= 4 is 23.4 Å². The predicted octanol–water partition coefficient (Wildman–Crippen LogP) is 4.21. The molecule has 0 bridgehead atoms. The molecule has 0 saturated heterocycles. The van der Waals surface area contributed by atoms with Crippen molar-refractivity contribution in [3.63, 3.8) is 0 Å². The smallest absolute Gasteiger partial charge is 0.306 e. The zero-order valence-electron chi connectivity index (χ0n) is 14.2.